The smallest absolute Gasteiger partial charge is 0.319 e. The maximum Gasteiger partial charge on any atom is 0.319 e. The molecule has 0 saturated heterocycles. The van der Waals surface area contributed by atoms with Crippen LogP contribution in [0.5, 0.6) is 0 Å². The van der Waals surface area contributed by atoms with Crippen LogP contribution in [0.4, 0.5) is 0 Å². The molecule has 0 bridgehead atoms. The Morgan fingerprint density at radius 3 is 2.86 bits per heavy atom. The summed E-state index contributed by atoms with van der Waals surface area (Å²) in [5, 5.41) is 7.55. The van der Waals surface area contributed by atoms with E-state index in [1.807, 2.05) is 30.3 Å². The largest absolute Gasteiger partial charge is 0.465 e. The molecule has 0 fully saturated rings. The maximum absolute atomic E-state index is 12.3. The van der Waals surface area contributed by atoms with Gasteiger partial charge in [0.1, 0.15) is 0 Å². The van der Waals surface area contributed by atoms with Crippen molar-refractivity contribution in [2.24, 2.45) is 0 Å². The molecule has 0 spiro atoms. The lowest BCUT2D eigenvalue weighted by Crippen LogP contribution is -2.24. The van der Waals surface area contributed by atoms with E-state index >= 15 is 0 Å². The molecule has 1 amide bonds. The third-order valence-corrected chi connectivity index (χ3v) is 5.14. The standard InChI is InChI=1S/C21H20ClN3O3.ClH/c1-2-28-19(26)11-23-9-12-3-6-17-13(7-12)8-18(25-17)14-4-5-16(22)15-10-24-21(27)20(14)15;/h3-8,23,25H,2,9-11H2,1H3,(H,24,27);1H. The molecule has 0 unspecified atom stereocenters. The number of carbonyl (C=O) groups excluding carboxylic acids is 2. The molecule has 29 heavy (non-hydrogen) atoms. The number of fused-ring (bicyclic) bond motifs is 2. The Labute approximate surface area is 179 Å². The van der Waals surface area contributed by atoms with Gasteiger partial charge in [-0.15, -0.1) is 12.4 Å². The average molecular weight is 434 g/mol. The highest BCUT2D eigenvalue weighted by atomic mass is 35.5. The minimum atomic E-state index is -0.262. The molecule has 8 heteroatoms. The van der Waals surface area contributed by atoms with Gasteiger partial charge in [-0.1, -0.05) is 23.7 Å². The molecule has 0 aliphatic carbocycles. The van der Waals surface area contributed by atoms with E-state index in [1.54, 1.807) is 6.92 Å². The van der Waals surface area contributed by atoms with E-state index in [0.717, 1.165) is 33.3 Å². The summed E-state index contributed by atoms with van der Waals surface area (Å²) in [7, 11) is 0. The Bertz CT molecular complexity index is 1080. The molecule has 6 nitrogen and oxygen atoms in total. The van der Waals surface area contributed by atoms with Crippen LogP contribution in [-0.2, 0) is 22.6 Å². The molecule has 152 valence electrons. The molecular weight excluding hydrogens is 413 g/mol. The minimum Gasteiger partial charge on any atom is -0.465 e. The predicted octanol–water partition coefficient (Wildman–Crippen LogP) is 3.81. The lowest BCUT2D eigenvalue weighted by Gasteiger charge is -2.06. The van der Waals surface area contributed by atoms with Crippen LogP contribution in [0.3, 0.4) is 0 Å². The highest BCUT2D eigenvalue weighted by molar-refractivity contribution is 6.32. The van der Waals surface area contributed by atoms with E-state index in [2.05, 4.69) is 21.7 Å². The number of amides is 1. The first kappa shape index (κ1) is 21.2. The van der Waals surface area contributed by atoms with Crippen LogP contribution in [-0.4, -0.2) is 30.0 Å². The number of ether oxygens (including phenoxy) is 1. The van der Waals surface area contributed by atoms with Gasteiger partial charge in [0.15, 0.2) is 0 Å². The molecule has 1 aliphatic rings. The van der Waals surface area contributed by atoms with E-state index < -0.39 is 0 Å². The van der Waals surface area contributed by atoms with Gasteiger partial charge < -0.3 is 20.4 Å². The number of esters is 1. The second kappa shape index (κ2) is 8.86. The Balaban J connectivity index is 0.00000240. The number of aromatic amines is 1. The summed E-state index contributed by atoms with van der Waals surface area (Å²) in [6, 6.07) is 11.8. The van der Waals surface area contributed by atoms with Gasteiger partial charge in [-0.25, -0.2) is 0 Å². The van der Waals surface area contributed by atoms with Crippen LogP contribution in [0.15, 0.2) is 36.4 Å². The number of benzene rings is 2. The normalized spacial score (nSPS) is 12.4. The highest BCUT2D eigenvalue weighted by Gasteiger charge is 2.26. The van der Waals surface area contributed by atoms with Crippen LogP contribution >= 0.6 is 24.0 Å². The number of aromatic nitrogens is 1. The average Bonchev–Trinajstić information content (AvgIpc) is 3.27. The summed E-state index contributed by atoms with van der Waals surface area (Å²) in [5.41, 5.74) is 5.22. The second-order valence-electron chi connectivity index (χ2n) is 6.64. The van der Waals surface area contributed by atoms with E-state index in [-0.39, 0.29) is 30.8 Å². The predicted molar refractivity (Wildman–Crippen MR) is 116 cm³/mol. The first-order valence-corrected chi connectivity index (χ1v) is 9.52. The molecule has 0 saturated carbocycles. The van der Waals surface area contributed by atoms with Crippen LogP contribution < -0.4 is 10.6 Å². The molecule has 0 radical (unpaired) electrons. The molecule has 2 heterocycles. The number of carbonyl (C=O) groups is 2. The molecule has 3 aromatic rings. The van der Waals surface area contributed by atoms with Gasteiger partial charge in [0.05, 0.1) is 18.7 Å². The fourth-order valence-corrected chi connectivity index (χ4v) is 3.72. The van der Waals surface area contributed by atoms with Crippen molar-refractivity contribution in [2.75, 3.05) is 13.2 Å². The van der Waals surface area contributed by atoms with Gasteiger partial charge in [0.25, 0.3) is 5.91 Å². The summed E-state index contributed by atoms with van der Waals surface area (Å²) in [6.45, 7) is 3.36. The molecule has 2 aromatic carbocycles. The minimum absolute atomic E-state index is 0. The summed E-state index contributed by atoms with van der Waals surface area (Å²) < 4.78 is 4.91. The first-order valence-electron chi connectivity index (χ1n) is 9.14. The van der Waals surface area contributed by atoms with E-state index in [9.17, 15) is 9.59 Å². The van der Waals surface area contributed by atoms with Crippen molar-refractivity contribution < 1.29 is 14.3 Å². The number of halogens is 2. The number of H-pyrrole nitrogens is 1. The van der Waals surface area contributed by atoms with Crippen LogP contribution in [0, 0.1) is 0 Å². The third kappa shape index (κ3) is 4.24. The Kier molecular flexibility index (Phi) is 6.47. The lowest BCUT2D eigenvalue weighted by molar-refractivity contribution is -0.142. The quantitative estimate of drug-likeness (QED) is 0.516. The number of rotatable bonds is 6. The van der Waals surface area contributed by atoms with Crippen LogP contribution in [0.1, 0.15) is 28.4 Å². The maximum atomic E-state index is 12.3. The zero-order chi connectivity index (χ0) is 19.7. The van der Waals surface area contributed by atoms with Gasteiger partial charge in [-0.2, -0.15) is 0 Å². The lowest BCUT2D eigenvalue weighted by atomic mass is 10.0. The fourth-order valence-electron chi connectivity index (χ4n) is 3.49. The van der Waals surface area contributed by atoms with Crippen molar-refractivity contribution in [3.63, 3.8) is 0 Å². The molecule has 0 atom stereocenters. The number of hydrogen-bond acceptors (Lipinski definition) is 4. The monoisotopic (exact) mass is 433 g/mol. The Morgan fingerprint density at radius 2 is 2.07 bits per heavy atom. The van der Waals surface area contributed by atoms with Gasteiger partial charge >= 0.3 is 5.97 Å². The summed E-state index contributed by atoms with van der Waals surface area (Å²) >= 11 is 6.24. The second-order valence-corrected chi connectivity index (χ2v) is 7.05. The SMILES string of the molecule is CCOC(=O)CNCc1ccc2[nH]c(-c3ccc(Cl)c4c3C(=O)NC4)cc2c1.Cl. The van der Waals surface area contributed by atoms with Crippen molar-refractivity contribution in [3.8, 4) is 11.3 Å². The van der Waals surface area contributed by atoms with Crippen molar-refractivity contribution >= 4 is 46.8 Å². The molecular formula is C21H21Cl2N3O3. The molecule has 4 rings (SSSR count). The van der Waals surface area contributed by atoms with Gasteiger partial charge in [-0.3, -0.25) is 9.59 Å². The van der Waals surface area contributed by atoms with Crippen LogP contribution in [0.25, 0.3) is 22.2 Å². The van der Waals surface area contributed by atoms with E-state index in [1.165, 1.54) is 0 Å². The zero-order valence-electron chi connectivity index (χ0n) is 15.8. The summed E-state index contributed by atoms with van der Waals surface area (Å²) in [4.78, 5) is 27.1. The van der Waals surface area contributed by atoms with Crippen molar-refractivity contribution in [3.05, 3.63) is 58.1 Å². The Hall–Kier alpha value is -2.54. The fraction of sp³-hybridized carbons (Fsp3) is 0.238. The summed E-state index contributed by atoms with van der Waals surface area (Å²) in [6.07, 6.45) is 0. The van der Waals surface area contributed by atoms with Crippen molar-refractivity contribution in [2.45, 2.75) is 20.0 Å². The van der Waals surface area contributed by atoms with Crippen molar-refractivity contribution in [1.29, 1.82) is 0 Å². The Morgan fingerprint density at radius 1 is 1.24 bits per heavy atom. The topological polar surface area (TPSA) is 83.2 Å². The highest BCUT2D eigenvalue weighted by Crippen LogP contribution is 2.34. The number of hydrogen-bond donors (Lipinski definition) is 3. The molecule has 3 N–H and O–H groups in total. The van der Waals surface area contributed by atoms with Crippen molar-refractivity contribution in [1.82, 2.24) is 15.6 Å². The molecule has 1 aromatic heterocycles. The van der Waals surface area contributed by atoms with Crippen LogP contribution in [0.2, 0.25) is 5.02 Å². The van der Waals surface area contributed by atoms with E-state index in [4.69, 9.17) is 16.3 Å². The van der Waals surface area contributed by atoms with Gasteiger partial charge in [0.2, 0.25) is 0 Å². The number of nitrogens with one attached hydrogen (secondary N) is 3. The third-order valence-electron chi connectivity index (χ3n) is 4.79. The van der Waals surface area contributed by atoms with E-state index in [0.29, 0.717) is 30.3 Å². The summed E-state index contributed by atoms with van der Waals surface area (Å²) in [5.74, 6) is -0.364. The zero-order valence-corrected chi connectivity index (χ0v) is 17.4. The first-order chi connectivity index (χ1) is 13.6. The van der Waals surface area contributed by atoms with Gasteiger partial charge in [-0.05, 0) is 36.8 Å². The van der Waals surface area contributed by atoms with Gasteiger partial charge in [0, 0.05) is 45.8 Å². The molecule has 1 aliphatic heterocycles.